The number of benzene rings is 1. The van der Waals surface area contributed by atoms with Crippen molar-refractivity contribution < 1.29 is 19.1 Å². The molecule has 4 nitrogen and oxygen atoms in total. The maximum absolute atomic E-state index is 13.1. The van der Waals surface area contributed by atoms with Gasteiger partial charge in [0.15, 0.2) is 0 Å². The van der Waals surface area contributed by atoms with E-state index in [0.29, 0.717) is 17.7 Å². The molecule has 0 fully saturated rings. The second-order valence-corrected chi connectivity index (χ2v) is 4.08. The van der Waals surface area contributed by atoms with Crippen molar-refractivity contribution in [3.05, 3.63) is 41.7 Å². The van der Waals surface area contributed by atoms with Gasteiger partial charge in [-0.05, 0) is 37.1 Å². The number of carboxylic acid groups (broad SMARTS) is 1. The number of carboxylic acids is 1. The summed E-state index contributed by atoms with van der Waals surface area (Å²) in [6, 6.07) is 5.89. The predicted octanol–water partition coefficient (Wildman–Crippen LogP) is 2.16. The van der Waals surface area contributed by atoms with Crippen molar-refractivity contribution in [3.8, 4) is 0 Å². The first-order chi connectivity index (χ1) is 8.93. The molecule has 0 aliphatic rings. The zero-order valence-corrected chi connectivity index (χ0v) is 10.9. The van der Waals surface area contributed by atoms with Crippen molar-refractivity contribution in [2.24, 2.45) is 0 Å². The fourth-order valence-electron chi connectivity index (χ4n) is 1.60. The summed E-state index contributed by atoms with van der Waals surface area (Å²) in [5.41, 5.74) is 1.19. The van der Waals surface area contributed by atoms with E-state index in [0.717, 1.165) is 0 Å². The lowest BCUT2D eigenvalue weighted by Crippen LogP contribution is -2.34. The van der Waals surface area contributed by atoms with Gasteiger partial charge in [0.1, 0.15) is 12.4 Å². The molecule has 0 aliphatic carbocycles. The monoisotopic (exact) mass is 265 g/mol. The van der Waals surface area contributed by atoms with E-state index in [1.807, 2.05) is 0 Å². The Kier molecular flexibility index (Phi) is 5.23. The first-order valence-electron chi connectivity index (χ1n) is 5.89. The molecule has 0 bridgehead atoms. The van der Waals surface area contributed by atoms with Gasteiger partial charge in [0, 0.05) is 12.6 Å². The quantitative estimate of drug-likeness (QED) is 0.830. The summed E-state index contributed by atoms with van der Waals surface area (Å²) in [7, 11) is 0. The van der Waals surface area contributed by atoms with Crippen molar-refractivity contribution in [2.75, 3.05) is 13.1 Å². The van der Waals surface area contributed by atoms with Gasteiger partial charge in [-0.25, -0.2) is 4.39 Å². The van der Waals surface area contributed by atoms with Gasteiger partial charge in [-0.3, -0.25) is 9.59 Å². The summed E-state index contributed by atoms with van der Waals surface area (Å²) in [5.74, 6) is -1.84. The number of allylic oxidation sites excluding steroid dienone is 1. The molecule has 0 heterocycles. The maximum atomic E-state index is 13.1. The average Bonchev–Trinajstić information content (AvgIpc) is 2.35. The molecule has 102 valence electrons. The van der Waals surface area contributed by atoms with Crippen LogP contribution < -0.4 is 0 Å². The molecule has 0 saturated heterocycles. The Morgan fingerprint density at radius 2 is 2.11 bits per heavy atom. The lowest BCUT2D eigenvalue weighted by Gasteiger charge is -2.16. The summed E-state index contributed by atoms with van der Waals surface area (Å²) in [5, 5.41) is 8.69. The fraction of sp³-hybridized carbons (Fsp3) is 0.286. The van der Waals surface area contributed by atoms with E-state index in [-0.39, 0.29) is 12.4 Å². The first-order valence-corrected chi connectivity index (χ1v) is 5.89. The van der Waals surface area contributed by atoms with E-state index in [1.165, 1.54) is 23.1 Å². The Bertz CT molecular complexity index is 511. The summed E-state index contributed by atoms with van der Waals surface area (Å²) in [6.45, 7) is 3.34. The Morgan fingerprint density at radius 3 is 2.63 bits per heavy atom. The largest absolute Gasteiger partial charge is 0.480 e. The van der Waals surface area contributed by atoms with Crippen LogP contribution in [0.15, 0.2) is 30.3 Å². The molecule has 19 heavy (non-hydrogen) atoms. The Labute approximate surface area is 111 Å². The molecular formula is C14H16FNO3. The third-order valence-corrected chi connectivity index (χ3v) is 2.64. The van der Waals surface area contributed by atoms with Crippen LogP contribution in [0.4, 0.5) is 4.39 Å². The van der Waals surface area contributed by atoms with Gasteiger partial charge in [0.05, 0.1) is 0 Å². The van der Waals surface area contributed by atoms with Crippen LogP contribution in [0.5, 0.6) is 0 Å². The number of carbonyl (C=O) groups is 2. The van der Waals surface area contributed by atoms with E-state index in [1.54, 1.807) is 26.0 Å². The van der Waals surface area contributed by atoms with Crippen LogP contribution in [0.3, 0.4) is 0 Å². The minimum Gasteiger partial charge on any atom is -0.480 e. The lowest BCUT2D eigenvalue weighted by atomic mass is 10.1. The predicted molar refractivity (Wildman–Crippen MR) is 69.9 cm³/mol. The van der Waals surface area contributed by atoms with Gasteiger partial charge in [-0.2, -0.15) is 0 Å². The van der Waals surface area contributed by atoms with Crippen LogP contribution in [0.1, 0.15) is 19.4 Å². The van der Waals surface area contributed by atoms with Crippen molar-refractivity contribution in [2.45, 2.75) is 13.8 Å². The highest BCUT2D eigenvalue weighted by atomic mass is 19.1. The molecule has 0 saturated carbocycles. The van der Waals surface area contributed by atoms with Crippen LogP contribution in [0.2, 0.25) is 0 Å². The molecule has 5 heteroatoms. The van der Waals surface area contributed by atoms with E-state index in [2.05, 4.69) is 0 Å². The smallest absolute Gasteiger partial charge is 0.323 e. The van der Waals surface area contributed by atoms with E-state index < -0.39 is 11.9 Å². The normalized spacial score (nSPS) is 11.2. The van der Waals surface area contributed by atoms with Gasteiger partial charge in [0.25, 0.3) is 0 Å². The third-order valence-electron chi connectivity index (χ3n) is 2.64. The fourth-order valence-corrected chi connectivity index (χ4v) is 1.60. The minimum absolute atomic E-state index is 0.304. The minimum atomic E-state index is -1.06. The number of halogens is 1. The highest BCUT2D eigenvalue weighted by molar-refractivity contribution is 5.96. The zero-order valence-electron chi connectivity index (χ0n) is 10.9. The number of nitrogens with zero attached hydrogens (tertiary/aromatic N) is 1. The number of aliphatic carboxylic acids is 1. The van der Waals surface area contributed by atoms with Crippen molar-refractivity contribution in [1.82, 2.24) is 4.90 Å². The molecule has 0 radical (unpaired) electrons. The first kappa shape index (κ1) is 14.9. The third kappa shape index (κ3) is 4.54. The summed E-state index contributed by atoms with van der Waals surface area (Å²) in [4.78, 5) is 23.7. The maximum Gasteiger partial charge on any atom is 0.323 e. The van der Waals surface area contributed by atoms with Crippen LogP contribution in [0, 0.1) is 5.82 Å². The molecule has 0 atom stereocenters. The van der Waals surface area contributed by atoms with Crippen LogP contribution in [-0.4, -0.2) is 35.0 Å². The molecule has 1 aromatic rings. The molecule has 0 spiro atoms. The zero-order chi connectivity index (χ0) is 14.4. The topological polar surface area (TPSA) is 57.6 Å². The van der Waals surface area contributed by atoms with Gasteiger partial charge in [-0.15, -0.1) is 0 Å². The Hall–Kier alpha value is -2.17. The number of hydrogen-bond donors (Lipinski definition) is 1. The molecule has 0 unspecified atom stereocenters. The van der Waals surface area contributed by atoms with Crippen molar-refractivity contribution in [3.63, 3.8) is 0 Å². The Balaban J connectivity index is 2.88. The Morgan fingerprint density at radius 1 is 1.42 bits per heavy atom. The number of hydrogen-bond acceptors (Lipinski definition) is 2. The SMILES string of the molecule is CCN(CC(=O)O)C(=O)/C=C(\C)c1cccc(F)c1. The molecule has 1 amide bonds. The number of amides is 1. The molecule has 1 rings (SSSR count). The molecule has 0 aromatic heterocycles. The highest BCUT2D eigenvalue weighted by Crippen LogP contribution is 2.15. The van der Waals surface area contributed by atoms with Gasteiger partial charge in [0.2, 0.25) is 5.91 Å². The van der Waals surface area contributed by atoms with Crippen LogP contribution >= 0.6 is 0 Å². The number of rotatable bonds is 5. The van der Waals surface area contributed by atoms with Gasteiger partial charge < -0.3 is 10.0 Å². The molecule has 1 N–H and O–H groups in total. The van der Waals surface area contributed by atoms with Crippen LogP contribution in [-0.2, 0) is 9.59 Å². The number of carbonyl (C=O) groups excluding carboxylic acids is 1. The molecule has 1 aromatic carbocycles. The summed E-state index contributed by atoms with van der Waals surface area (Å²) >= 11 is 0. The average molecular weight is 265 g/mol. The van der Waals surface area contributed by atoms with Crippen molar-refractivity contribution >= 4 is 17.4 Å². The highest BCUT2D eigenvalue weighted by Gasteiger charge is 2.13. The summed E-state index contributed by atoms with van der Waals surface area (Å²) < 4.78 is 13.1. The van der Waals surface area contributed by atoms with Crippen LogP contribution in [0.25, 0.3) is 5.57 Å². The molecular weight excluding hydrogens is 249 g/mol. The molecule has 0 aliphatic heterocycles. The van der Waals surface area contributed by atoms with Gasteiger partial charge >= 0.3 is 5.97 Å². The summed E-state index contributed by atoms with van der Waals surface area (Å²) in [6.07, 6.45) is 1.32. The standard InChI is InChI=1S/C14H16FNO3/c1-3-16(9-14(18)19)13(17)7-10(2)11-5-4-6-12(15)8-11/h4-8H,3,9H2,1-2H3,(H,18,19)/b10-7+. The van der Waals surface area contributed by atoms with E-state index in [4.69, 9.17) is 5.11 Å². The van der Waals surface area contributed by atoms with E-state index in [9.17, 15) is 14.0 Å². The number of likely N-dealkylation sites (N-methyl/N-ethyl adjacent to an activating group) is 1. The van der Waals surface area contributed by atoms with E-state index >= 15 is 0 Å². The van der Waals surface area contributed by atoms with Crippen molar-refractivity contribution in [1.29, 1.82) is 0 Å². The van der Waals surface area contributed by atoms with Gasteiger partial charge in [-0.1, -0.05) is 12.1 Å². The lowest BCUT2D eigenvalue weighted by molar-refractivity contribution is -0.142. The second-order valence-electron chi connectivity index (χ2n) is 4.08. The second kappa shape index (κ2) is 6.68.